The van der Waals surface area contributed by atoms with Gasteiger partial charge in [0.15, 0.2) is 5.13 Å². The molecular formula is C29H26N4O4S2. The molecular weight excluding hydrogens is 532 g/mol. The molecule has 1 heterocycles. The summed E-state index contributed by atoms with van der Waals surface area (Å²) in [5, 5.41) is 10.3. The number of anilines is 2. The Morgan fingerprint density at radius 2 is 1.74 bits per heavy atom. The monoisotopic (exact) mass is 558 g/mol. The van der Waals surface area contributed by atoms with Crippen molar-refractivity contribution in [3.8, 4) is 5.75 Å². The number of aromatic nitrogens is 1. The third-order valence-corrected chi connectivity index (χ3v) is 7.17. The third-order valence-electron chi connectivity index (χ3n) is 5.39. The van der Waals surface area contributed by atoms with Gasteiger partial charge in [-0.05, 0) is 61.0 Å². The Bertz CT molecular complexity index is 1460. The largest absolute Gasteiger partial charge is 0.497 e. The molecule has 0 saturated heterocycles. The summed E-state index contributed by atoms with van der Waals surface area (Å²) in [6.07, 6.45) is 3.23. The molecule has 1 aromatic heterocycles. The van der Waals surface area contributed by atoms with Gasteiger partial charge in [0.2, 0.25) is 5.91 Å². The van der Waals surface area contributed by atoms with Crippen molar-refractivity contribution in [3.63, 3.8) is 0 Å². The summed E-state index contributed by atoms with van der Waals surface area (Å²) >= 11 is 2.70. The van der Waals surface area contributed by atoms with Crippen LogP contribution < -0.4 is 20.7 Å². The molecule has 0 saturated carbocycles. The zero-order valence-electron chi connectivity index (χ0n) is 21.2. The predicted octanol–water partition coefficient (Wildman–Crippen LogP) is 5.68. The topological polar surface area (TPSA) is 109 Å². The number of carbonyl (C=O) groups excluding carboxylic acids is 3. The van der Waals surface area contributed by atoms with Gasteiger partial charge in [-0.1, -0.05) is 36.4 Å². The number of carbonyl (C=O) groups is 3. The van der Waals surface area contributed by atoms with E-state index in [-0.39, 0.29) is 11.6 Å². The number of nitrogens with one attached hydrogen (secondary N) is 3. The highest BCUT2D eigenvalue weighted by molar-refractivity contribution is 8.00. The molecule has 4 rings (SSSR count). The number of thiazole rings is 1. The maximum absolute atomic E-state index is 13.3. The summed E-state index contributed by atoms with van der Waals surface area (Å²) < 4.78 is 5.20. The molecule has 39 heavy (non-hydrogen) atoms. The standard InChI is InChI=1S/C29H26N4O4S2/c1-19(26(34)33-29-30-15-16-38-29)39-24-10-6-9-22(18-24)31-28(36)25(17-20-11-13-23(37-2)14-12-20)32-27(35)21-7-4-3-5-8-21/h3-19H,1-2H3,(H,31,36)(H,32,35)(H,30,33,34)/b25-17+. The van der Waals surface area contributed by atoms with E-state index >= 15 is 0 Å². The number of nitrogens with zero attached hydrogens (tertiary/aromatic N) is 1. The second-order valence-electron chi connectivity index (χ2n) is 8.22. The Morgan fingerprint density at radius 3 is 2.44 bits per heavy atom. The van der Waals surface area contributed by atoms with Gasteiger partial charge < -0.3 is 20.7 Å². The molecule has 0 fully saturated rings. The van der Waals surface area contributed by atoms with Crippen LogP contribution in [0.5, 0.6) is 5.75 Å². The molecule has 10 heteroatoms. The lowest BCUT2D eigenvalue weighted by atomic mass is 10.1. The van der Waals surface area contributed by atoms with Crippen molar-refractivity contribution in [3.05, 3.63) is 107 Å². The van der Waals surface area contributed by atoms with Gasteiger partial charge >= 0.3 is 0 Å². The average Bonchev–Trinajstić information content (AvgIpc) is 3.46. The van der Waals surface area contributed by atoms with Gasteiger partial charge in [-0.3, -0.25) is 14.4 Å². The number of hydrogen-bond acceptors (Lipinski definition) is 7. The number of thioether (sulfide) groups is 1. The Labute approximate surface area is 234 Å². The highest BCUT2D eigenvalue weighted by Gasteiger charge is 2.18. The number of amides is 3. The summed E-state index contributed by atoms with van der Waals surface area (Å²) in [4.78, 5) is 43.6. The fourth-order valence-corrected chi connectivity index (χ4v) is 4.86. The maximum Gasteiger partial charge on any atom is 0.272 e. The van der Waals surface area contributed by atoms with Crippen molar-refractivity contribution in [1.82, 2.24) is 10.3 Å². The number of ether oxygens (including phenoxy) is 1. The van der Waals surface area contributed by atoms with Gasteiger partial charge in [0.05, 0.1) is 12.4 Å². The molecule has 3 N–H and O–H groups in total. The number of hydrogen-bond donors (Lipinski definition) is 3. The molecule has 0 aliphatic carbocycles. The first kappa shape index (κ1) is 27.6. The summed E-state index contributed by atoms with van der Waals surface area (Å²) in [6, 6.07) is 22.9. The van der Waals surface area contributed by atoms with Gasteiger partial charge in [-0.15, -0.1) is 23.1 Å². The molecule has 3 amide bonds. The van der Waals surface area contributed by atoms with Gasteiger partial charge in [-0.2, -0.15) is 0 Å². The van der Waals surface area contributed by atoms with E-state index in [0.29, 0.717) is 27.7 Å². The summed E-state index contributed by atoms with van der Waals surface area (Å²) in [7, 11) is 1.57. The molecule has 0 radical (unpaired) electrons. The molecule has 4 aromatic rings. The maximum atomic E-state index is 13.3. The molecule has 1 unspecified atom stereocenters. The van der Waals surface area contributed by atoms with Gasteiger partial charge in [0.1, 0.15) is 11.4 Å². The lowest BCUT2D eigenvalue weighted by Gasteiger charge is -2.14. The number of benzene rings is 3. The minimum absolute atomic E-state index is 0.0725. The van der Waals surface area contributed by atoms with E-state index in [1.165, 1.54) is 23.1 Å². The van der Waals surface area contributed by atoms with Crippen molar-refractivity contribution in [2.75, 3.05) is 17.7 Å². The highest BCUT2D eigenvalue weighted by atomic mass is 32.2. The van der Waals surface area contributed by atoms with Crippen LogP contribution in [0.25, 0.3) is 6.08 Å². The van der Waals surface area contributed by atoms with E-state index in [4.69, 9.17) is 4.74 Å². The third kappa shape index (κ3) is 8.03. The van der Waals surface area contributed by atoms with Crippen LogP contribution in [0.3, 0.4) is 0 Å². The minimum atomic E-state index is -0.494. The molecule has 0 spiro atoms. The fraction of sp³-hybridized carbons (Fsp3) is 0.103. The van der Waals surface area contributed by atoms with E-state index in [1.807, 2.05) is 12.1 Å². The Morgan fingerprint density at radius 1 is 0.974 bits per heavy atom. The van der Waals surface area contributed by atoms with Crippen molar-refractivity contribution < 1.29 is 19.1 Å². The van der Waals surface area contributed by atoms with Crippen LogP contribution in [0.4, 0.5) is 10.8 Å². The lowest BCUT2D eigenvalue weighted by Crippen LogP contribution is -2.30. The number of methoxy groups -OCH3 is 1. The summed E-state index contributed by atoms with van der Waals surface area (Å²) in [5.74, 6) is -0.394. The Balaban J connectivity index is 1.49. The Kier molecular flexibility index (Phi) is 9.49. The van der Waals surface area contributed by atoms with Gasteiger partial charge in [-0.25, -0.2) is 4.98 Å². The van der Waals surface area contributed by atoms with Gasteiger partial charge in [0, 0.05) is 27.7 Å². The van der Waals surface area contributed by atoms with Gasteiger partial charge in [0.25, 0.3) is 11.8 Å². The normalized spacial score (nSPS) is 11.8. The van der Waals surface area contributed by atoms with Crippen LogP contribution in [-0.2, 0) is 9.59 Å². The van der Waals surface area contributed by atoms with E-state index < -0.39 is 17.1 Å². The van der Waals surface area contributed by atoms with E-state index in [1.54, 1.807) is 98.4 Å². The second-order valence-corrected chi connectivity index (χ2v) is 10.5. The SMILES string of the molecule is COc1ccc(/C=C(/NC(=O)c2ccccc2)C(=O)Nc2cccc(SC(C)C(=O)Nc3nccs3)c2)cc1. The molecule has 0 bridgehead atoms. The van der Waals surface area contributed by atoms with Crippen molar-refractivity contribution in [1.29, 1.82) is 0 Å². The quantitative estimate of drug-likeness (QED) is 0.171. The molecule has 8 nitrogen and oxygen atoms in total. The molecule has 3 aromatic carbocycles. The first-order valence-corrected chi connectivity index (χ1v) is 13.7. The van der Waals surface area contributed by atoms with Crippen molar-refractivity contribution in [2.45, 2.75) is 17.1 Å². The van der Waals surface area contributed by atoms with E-state index in [2.05, 4.69) is 20.9 Å². The molecule has 0 aliphatic rings. The van der Waals surface area contributed by atoms with E-state index in [9.17, 15) is 14.4 Å². The zero-order valence-corrected chi connectivity index (χ0v) is 22.8. The lowest BCUT2D eigenvalue weighted by molar-refractivity contribution is -0.115. The molecule has 1 atom stereocenters. The highest BCUT2D eigenvalue weighted by Crippen LogP contribution is 2.27. The van der Waals surface area contributed by atoms with Crippen LogP contribution in [0.1, 0.15) is 22.8 Å². The minimum Gasteiger partial charge on any atom is -0.497 e. The van der Waals surface area contributed by atoms with E-state index in [0.717, 1.165) is 4.90 Å². The first-order valence-electron chi connectivity index (χ1n) is 11.9. The first-order chi connectivity index (χ1) is 18.9. The van der Waals surface area contributed by atoms with Crippen LogP contribution in [0.15, 0.2) is 101 Å². The van der Waals surface area contributed by atoms with Crippen LogP contribution in [0, 0.1) is 0 Å². The zero-order chi connectivity index (χ0) is 27.6. The smallest absolute Gasteiger partial charge is 0.272 e. The van der Waals surface area contributed by atoms with Crippen LogP contribution >= 0.6 is 23.1 Å². The average molecular weight is 559 g/mol. The van der Waals surface area contributed by atoms with Crippen LogP contribution in [-0.4, -0.2) is 35.1 Å². The summed E-state index contributed by atoms with van der Waals surface area (Å²) in [6.45, 7) is 1.80. The second kappa shape index (κ2) is 13.4. The summed E-state index contributed by atoms with van der Waals surface area (Å²) in [5.41, 5.74) is 1.73. The number of rotatable bonds is 10. The fourth-order valence-electron chi connectivity index (χ4n) is 3.40. The Hall–Kier alpha value is -4.41. The molecule has 0 aliphatic heterocycles. The van der Waals surface area contributed by atoms with Crippen molar-refractivity contribution >= 4 is 57.7 Å². The van der Waals surface area contributed by atoms with Crippen molar-refractivity contribution in [2.24, 2.45) is 0 Å². The predicted molar refractivity (Wildman–Crippen MR) is 156 cm³/mol. The van der Waals surface area contributed by atoms with Crippen LogP contribution in [0.2, 0.25) is 0 Å². The molecule has 198 valence electrons.